The van der Waals surface area contributed by atoms with Crippen LogP contribution >= 0.6 is 0 Å². The summed E-state index contributed by atoms with van der Waals surface area (Å²) in [6, 6.07) is 0.222. The van der Waals surface area contributed by atoms with Crippen molar-refractivity contribution in [3.05, 3.63) is 18.0 Å². The molecular formula is C14H26N4O. The highest BCUT2D eigenvalue weighted by Gasteiger charge is 2.28. The standard InChI is InChI=1S/C14H26N4O/c1-4-6-17-7-8-19-13(11-17)14(15-3)12-9-16-18(5-2)10-12/h9-10,13-15H,4-8,11H2,1-3H3. The normalized spacial score (nSPS) is 22.6. The number of nitrogens with zero attached hydrogens (tertiary/aromatic N) is 3. The zero-order valence-electron chi connectivity index (χ0n) is 12.3. The predicted molar refractivity (Wildman–Crippen MR) is 76.2 cm³/mol. The molecule has 0 spiro atoms. The zero-order valence-corrected chi connectivity index (χ0v) is 12.3. The lowest BCUT2D eigenvalue weighted by atomic mass is 10.0. The summed E-state index contributed by atoms with van der Waals surface area (Å²) in [7, 11) is 2.00. The SMILES string of the molecule is CCCN1CCOC(C(NC)c2cnn(CC)c2)C1. The molecule has 1 aliphatic rings. The van der Waals surface area contributed by atoms with E-state index >= 15 is 0 Å². The van der Waals surface area contributed by atoms with E-state index in [-0.39, 0.29) is 12.1 Å². The Kier molecular flexibility index (Phi) is 5.36. The Hall–Kier alpha value is -0.910. The molecule has 19 heavy (non-hydrogen) atoms. The molecule has 1 saturated heterocycles. The van der Waals surface area contributed by atoms with Gasteiger partial charge in [-0.15, -0.1) is 0 Å². The van der Waals surface area contributed by atoms with Crippen molar-refractivity contribution < 1.29 is 4.74 Å². The quantitative estimate of drug-likeness (QED) is 0.842. The van der Waals surface area contributed by atoms with Gasteiger partial charge in [0.15, 0.2) is 0 Å². The molecule has 1 N–H and O–H groups in total. The molecule has 5 nitrogen and oxygen atoms in total. The van der Waals surface area contributed by atoms with E-state index in [2.05, 4.69) is 35.4 Å². The summed E-state index contributed by atoms with van der Waals surface area (Å²) in [6.07, 6.45) is 5.47. The van der Waals surface area contributed by atoms with Crippen molar-refractivity contribution in [1.82, 2.24) is 20.0 Å². The first-order valence-corrected chi connectivity index (χ1v) is 7.32. The van der Waals surface area contributed by atoms with E-state index in [0.717, 1.165) is 32.8 Å². The monoisotopic (exact) mass is 266 g/mol. The summed E-state index contributed by atoms with van der Waals surface area (Å²) in [5, 5.41) is 7.74. The van der Waals surface area contributed by atoms with Crippen LogP contribution in [0.15, 0.2) is 12.4 Å². The number of aryl methyl sites for hydroxylation is 1. The molecule has 2 unspecified atom stereocenters. The van der Waals surface area contributed by atoms with E-state index in [4.69, 9.17) is 4.74 Å². The van der Waals surface area contributed by atoms with Gasteiger partial charge in [0, 0.05) is 31.4 Å². The van der Waals surface area contributed by atoms with Crippen LogP contribution in [0.5, 0.6) is 0 Å². The van der Waals surface area contributed by atoms with E-state index in [0.29, 0.717) is 0 Å². The first-order valence-electron chi connectivity index (χ1n) is 7.32. The molecule has 2 rings (SSSR count). The van der Waals surface area contributed by atoms with Crippen LogP contribution in [-0.4, -0.2) is 54.1 Å². The summed E-state index contributed by atoms with van der Waals surface area (Å²) in [5.74, 6) is 0. The number of likely N-dealkylation sites (N-methyl/N-ethyl adjacent to an activating group) is 1. The largest absolute Gasteiger partial charge is 0.374 e. The number of morpholine rings is 1. The molecule has 108 valence electrons. The van der Waals surface area contributed by atoms with Crippen LogP contribution in [0.4, 0.5) is 0 Å². The van der Waals surface area contributed by atoms with Gasteiger partial charge >= 0.3 is 0 Å². The van der Waals surface area contributed by atoms with Gasteiger partial charge in [-0.1, -0.05) is 6.92 Å². The Morgan fingerprint density at radius 2 is 2.37 bits per heavy atom. The van der Waals surface area contributed by atoms with Crippen molar-refractivity contribution in [2.75, 3.05) is 33.3 Å². The number of aromatic nitrogens is 2. The minimum atomic E-state index is 0.208. The summed E-state index contributed by atoms with van der Waals surface area (Å²) in [6.45, 7) is 9.27. The maximum atomic E-state index is 5.96. The van der Waals surface area contributed by atoms with Crippen LogP contribution in [0.3, 0.4) is 0 Å². The van der Waals surface area contributed by atoms with E-state index in [1.54, 1.807) is 0 Å². The maximum absolute atomic E-state index is 5.96. The fourth-order valence-corrected chi connectivity index (χ4v) is 2.73. The topological polar surface area (TPSA) is 42.3 Å². The average molecular weight is 266 g/mol. The van der Waals surface area contributed by atoms with Gasteiger partial charge in [0.1, 0.15) is 0 Å². The lowest BCUT2D eigenvalue weighted by Gasteiger charge is -2.36. The van der Waals surface area contributed by atoms with Crippen LogP contribution in [0.1, 0.15) is 31.9 Å². The molecule has 2 atom stereocenters. The summed E-state index contributed by atoms with van der Waals surface area (Å²) >= 11 is 0. The van der Waals surface area contributed by atoms with E-state index in [1.165, 1.54) is 12.0 Å². The Morgan fingerprint density at radius 1 is 1.53 bits per heavy atom. The van der Waals surface area contributed by atoms with Crippen molar-refractivity contribution in [3.8, 4) is 0 Å². The molecule has 1 aromatic rings. The predicted octanol–water partition coefficient (Wildman–Crippen LogP) is 1.27. The summed E-state index contributed by atoms with van der Waals surface area (Å²) in [5.41, 5.74) is 1.22. The number of rotatable bonds is 6. The molecule has 0 bridgehead atoms. The van der Waals surface area contributed by atoms with Crippen molar-refractivity contribution in [1.29, 1.82) is 0 Å². The van der Waals surface area contributed by atoms with Crippen LogP contribution in [0, 0.1) is 0 Å². The summed E-state index contributed by atoms with van der Waals surface area (Å²) in [4.78, 5) is 2.49. The smallest absolute Gasteiger partial charge is 0.0897 e. The highest BCUT2D eigenvalue weighted by molar-refractivity contribution is 5.13. The van der Waals surface area contributed by atoms with Crippen LogP contribution in [0.25, 0.3) is 0 Å². The molecule has 5 heteroatoms. The number of nitrogens with one attached hydrogen (secondary N) is 1. The van der Waals surface area contributed by atoms with Crippen molar-refractivity contribution >= 4 is 0 Å². The Balaban J connectivity index is 2.03. The van der Waals surface area contributed by atoms with Crippen molar-refractivity contribution in [2.24, 2.45) is 0 Å². The van der Waals surface area contributed by atoms with Crippen LogP contribution in [0.2, 0.25) is 0 Å². The average Bonchev–Trinajstić information content (AvgIpc) is 2.89. The fraction of sp³-hybridized carbons (Fsp3) is 0.786. The van der Waals surface area contributed by atoms with E-state index in [1.807, 2.05) is 17.9 Å². The minimum absolute atomic E-state index is 0.208. The van der Waals surface area contributed by atoms with E-state index in [9.17, 15) is 0 Å². The molecule has 1 aliphatic heterocycles. The van der Waals surface area contributed by atoms with Gasteiger partial charge in [0.05, 0.1) is 24.9 Å². The molecule has 2 heterocycles. The molecule has 0 aliphatic carbocycles. The van der Waals surface area contributed by atoms with Crippen molar-refractivity contribution in [3.63, 3.8) is 0 Å². The minimum Gasteiger partial charge on any atom is -0.374 e. The highest BCUT2D eigenvalue weighted by Crippen LogP contribution is 2.22. The molecule has 0 amide bonds. The van der Waals surface area contributed by atoms with Gasteiger partial charge in [-0.05, 0) is 26.9 Å². The van der Waals surface area contributed by atoms with Gasteiger partial charge in [-0.25, -0.2) is 0 Å². The van der Waals surface area contributed by atoms with Gasteiger partial charge < -0.3 is 10.1 Å². The Morgan fingerprint density at radius 3 is 3.00 bits per heavy atom. The van der Waals surface area contributed by atoms with Crippen LogP contribution < -0.4 is 5.32 Å². The van der Waals surface area contributed by atoms with Crippen LogP contribution in [-0.2, 0) is 11.3 Å². The molecule has 1 fully saturated rings. The Labute approximate surface area is 115 Å². The Bertz CT molecular complexity index is 377. The van der Waals surface area contributed by atoms with E-state index < -0.39 is 0 Å². The second kappa shape index (κ2) is 7.03. The highest BCUT2D eigenvalue weighted by atomic mass is 16.5. The molecular weight excluding hydrogens is 240 g/mol. The third-order valence-corrected chi connectivity index (χ3v) is 3.74. The molecule has 0 aromatic carbocycles. The molecule has 0 radical (unpaired) electrons. The fourth-order valence-electron chi connectivity index (χ4n) is 2.73. The second-order valence-corrected chi connectivity index (χ2v) is 5.11. The third-order valence-electron chi connectivity index (χ3n) is 3.74. The maximum Gasteiger partial charge on any atom is 0.0897 e. The number of hydrogen-bond acceptors (Lipinski definition) is 4. The first kappa shape index (κ1) is 14.5. The lowest BCUT2D eigenvalue weighted by Crippen LogP contribution is -2.47. The number of hydrogen-bond donors (Lipinski definition) is 1. The lowest BCUT2D eigenvalue weighted by molar-refractivity contribution is -0.0459. The first-order chi connectivity index (χ1) is 9.28. The number of ether oxygens (including phenoxy) is 1. The molecule has 1 aromatic heterocycles. The second-order valence-electron chi connectivity index (χ2n) is 5.11. The van der Waals surface area contributed by atoms with Crippen molar-refractivity contribution in [2.45, 2.75) is 39.0 Å². The zero-order chi connectivity index (χ0) is 13.7. The van der Waals surface area contributed by atoms with Gasteiger partial charge in [-0.3, -0.25) is 9.58 Å². The van der Waals surface area contributed by atoms with Gasteiger partial charge in [0.2, 0.25) is 0 Å². The summed E-state index contributed by atoms with van der Waals surface area (Å²) < 4.78 is 7.93. The van der Waals surface area contributed by atoms with Gasteiger partial charge in [0.25, 0.3) is 0 Å². The van der Waals surface area contributed by atoms with Gasteiger partial charge in [-0.2, -0.15) is 5.10 Å². The molecule has 0 saturated carbocycles. The third kappa shape index (κ3) is 3.55.